The molecule has 1 heterocycles. The summed E-state index contributed by atoms with van der Waals surface area (Å²) in [5.41, 5.74) is 0.699. The van der Waals surface area contributed by atoms with Gasteiger partial charge in [0.2, 0.25) is 5.91 Å². The van der Waals surface area contributed by atoms with Crippen LogP contribution in [0.5, 0.6) is 0 Å². The smallest absolute Gasteiger partial charge is 0.287 e. The van der Waals surface area contributed by atoms with Gasteiger partial charge in [-0.25, -0.2) is 4.39 Å². The molecule has 22 heavy (non-hydrogen) atoms. The number of halogens is 2. The zero-order valence-corrected chi connectivity index (χ0v) is 13.2. The van der Waals surface area contributed by atoms with Crippen LogP contribution in [-0.4, -0.2) is 24.9 Å². The Hall–Kier alpha value is -2.15. The van der Waals surface area contributed by atoms with E-state index in [0.29, 0.717) is 23.1 Å². The fourth-order valence-corrected chi connectivity index (χ4v) is 2.20. The van der Waals surface area contributed by atoms with Crippen molar-refractivity contribution in [2.45, 2.75) is 6.42 Å². The van der Waals surface area contributed by atoms with Gasteiger partial charge in [-0.05, 0) is 45.8 Å². The maximum atomic E-state index is 13.1. The van der Waals surface area contributed by atoms with Crippen molar-refractivity contribution in [1.82, 2.24) is 10.6 Å². The Morgan fingerprint density at radius 2 is 1.95 bits per heavy atom. The second-order valence-electron chi connectivity index (χ2n) is 4.51. The molecular weight excluding hydrogens is 355 g/mol. The maximum Gasteiger partial charge on any atom is 0.287 e. The Morgan fingerprint density at radius 3 is 2.64 bits per heavy atom. The molecule has 2 rings (SSSR count). The molecule has 0 fully saturated rings. The molecular formula is C15H14BrFN2O3. The fraction of sp³-hybridized carbons (Fsp3) is 0.200. The van der Waals surface area contributed by atoms with Gasteiger partial charge >= 0.3 is 0 Å². The van der Waals surface area contributed by atoms with E-state index in [1.54, 1.807) is 24.3 Å². The first-order chi connectivity index (χ1) is 10.6. The minimum Gasteiger partial charge on any atom is -0.459 e. The molecule has 0 atom stereocenters. The molecule has 7 heteroatoms. The van der Waals surface area contributed by atoms with E-state index < -0.39 is 0 Å². The Morgan fingerprint density at radius 1 is 1.18 bits per heavy atom. The van der Waals surface area contributed by atoms with Crippen LogP contribution < -0.4 is 10.6 Å². The normalized spacial score (nSPS) is 10.3. The summed E-state index contributed by atoms with van der Waals surface area (Å²) >= 11 is 3.07. The molecule has 1 aromatic heterocycles. The number of nitrogens with one attached hydrogen (secondary N) is 2. The molecule has 0 bridgehead atoms. The number of carbonyl (C=O) groups excluding carboxylic acids is 2. The SMILES string of the molecule is O=C(Cc1ccc(F)c(Br)c1)NCCNC(=O)c1ccco1. The van der Waals surface area contributed by atoms with Gasteiger partial charge in [0.25, 0.3) is 5.91 Å². The summed E-state index contributed by atoms with van der Waals surface area (Å²) in [7, 11) is 0. The van der Waals surface area contributed by atoms with Gasteiger partial charge in [-0.2, -0.15) is 0 Å². The summed E-state index contributed by atoms with van der Waals surface area (Å²) in [6, 6.07) is 7.60. The van der Waals surface area contributed by atoms with E-state index >= 15 is 0 Å². The van der Waals surface area contributed by atoms with Crippen molar-refractivity contribution in [3.05, 3.63) is 58.2 Å². The van der Waals surface area contributed by atoms with Crippen LogP contribution >= 0.6 is 15.9 Å². The second-order valence-corrected chi connectivity index (χ2v) is 5.36. The van der Waals surface area contributed by atoms with E-state index in [2.05, 4.69) is 26.6 Å². The third-order valence-corrected chi connectivity index (χ3v) is 3.43. The maximum absolute atomic E-state index is 13.1. The average Bonchev–Trinajstić information content (AvgIpc) is 3.01. The second kappa shape index (κ2) is 7.74. The van der Waals surface area contributed by atoms with Gasteiger partial charge in [0.1, 0.15) is 5.82 Å². The summed E-state index contributed by atoms with van der Waals surface area (Å²) in [5, 5.41) is 5.29. The number of hydrogen-bond donors (Lipinski definition) is 2. The molecule has 2 aromatic rings. The molecule has 0 radical (unpaired) electrons. The number of benzene rings is 1. The molecule has 5 nitrogen and oxygen atoms in total. The van der Waals surface area contributed by atoms with Gasteiger partial charge in [0.15, 0.2) is 5.76 Å². The largest absolute Gasteiger partial charge is 0.459 e. The van der Waals surface area contributed by atoms with Gasteiger partial charge in [-0.1, -0.05) is 6.07 Å². The van der Waals surface area contributed by atoms with Crippen molar-refractivity contribution in [3.63, 3.8) is 0 Å². The van der Waals surface area contributed by atoms with E-state index in [-0.39, 0.29) is 29.8 Å². The van der Waals surface area contributed by atoms with Crippen LogP contribution in [0.2, 0.25) is 0 Å². The quantitative estimate of drug-likeness (QED) is 0.768. The Labute approximate surface area is 135 Å². The van der Waals surface area contributed by atoms with E-state index in [0.717, 1.165) is 0 Å². The Bertz CT molecular complexity index is 659. The lowest BCUT2D eigenvalue weighted by molar-refractivity contribution is -0.120. The summed E-state index contributed by atoms with van der Waals surface area (Å²) in [6.45, 7) is 0.589. The molecule has 0 aliphatic rings. The molecule has 2 N–H and O–H groups in total. The number of rotatable bonds is 6. The first kappa shape index (κ1) is 16.2. The van der Waals surface area contributed by atoms with Crippen molar-refractivity contribution < 1.29 is 18.4 Å². The zero-order valence-electron chi connectivity index (χ0n) is 11.6. The third kappa shape index (κ3) is 4.70. The molecule has 2 amide bonds. The Balaban J connectivity index is 1.69. The van der Waals surface area contributed by atoms with Gasteiger partial charge < -0.3 is 15.1 Å². The van der Waals surface area contributed by atoms with E-state index in [1.807, 2.05) is 0 Å². The van der Waals surface area contributed by atoms with Crippen LogP contribution in [0.3, 0.4) is 0 Å². The highest BCUT2D eigenvalue weighted by atomic mass is 79.9. The summed E-state index contributed by atoms with van der Waals surface area (Å²) in [6.07, 6.45) is 1.56. The molecule has 0 aliphatic heterocycles. The van der Waals surface area contributed by atoms with Crippen LogP contribution in [0, 0.1) is 5.82 Å². The van der Waals surface area contributed by atoms with Crippen molar-refractivity contribution in [2.75, 3.05) is 13.1 Å². The van der Waals surface area contributed by atoms with E-state index in [4.69, 9.17) is 4.42 Å². The summed E-state index contributed by atoms with van der Waals surface area (Å²) < 4.78 is 18.3. The molecule has 0 saturated heterocycles. The van der Waals surface area contributed by atoms with Gasteiger partial charge in [0.05, 0.1) is 17.2 Å². The molecule has 0 saturated carbocycles. The highest BCUT2D eigenvalue weighted by Gasteiger charge is 2.08. The number of hydrogen-bond acceptors (Lipinski definition) is 3. The standard InChI is InChI=1S/C15H14BrFN2O3/c16-11-8-10(3-4-12(11)17)9-14(20)18-5-6-19-15(21)13-2-1-7-22-13/h1-4,7-8H,5-6,9H2,(H,18,20)(H,19,21). The topological polar surface area (TPSA) is 71.3 Å². The van der Waals surface area contributed by atoms with Crippen LogP contribution in [0.15, 0.2) is 45.5 Å². The van der Waals surface area contributed by atoms with Crippen LogP contribution in [0.1, 0.15) is 16.1 Å². The highest BCUT2D eigenvalue weighted by molar-refractivity contribution is 9.10. The average molecular weight is 369 g/mol. The van der Waals surface area contributed by atoms with Crippen LogP contribution in [-0.2, 0) is 11.2 Å². The molecule has 0 aliphatic carbocycles. The number of furan rings is 1. The van der Waals surface area contributed by atoms with Crippen molar-refractivity contribution in [1.29, 1.82) is 0 Å². The van der Waals surface area contributed by atoms with Crippen LogP contribution in [0.25, 0.3) is 0 Å². The van der Waals surface area contributed by atoms with E-state index in [1.165, 1.54) is 12.3 Å². The minimum atomic E-state index is -0.371. The summed E-state index contributed by atoms with van der Waals surface area (Å²) in [4.78, 5) is 23.3. The first-order valence-electron chi connectivity index (χ1n) is 6.58. The van der Waals surface area contributed by atoms with Crippen molar-refractivity contribution in [2.24, 2.45) is 0 Å². The van der Waals surface area contributed by atoms with E-state index in [9.17, 15) is 14.0 Å². The van der Waals surface area contributed by atoms with Gasteiger partial charge in [0, 0.05) is 13.1 Å². The van der Waals surface area contributed by atoms with Crippen molar-refractivity contribution in [3.8, 4) is 0 Å². The lowest BCUT2D eigenvalue weighted by Crippen LogP contribution is -2.35. The zero-order chi connectivity index (χ0) is 15.9. The number of carbonyl (C=O) groups is 2. The lowest BCUT2D eigenvalue weighted by atomic mass is 10.1. The van der Waals surface area contributed by atoms with Crippen LogP contribution in [0.4, 0.5) is 4.39 Å². The predicted octanol–water partition coefficient (Wildman–Crippen LogP) is 2.27. The fourth-order valence-electron chi connectivity index (χ4n) is 1.77. The summed E-state index contributed by atoms with van der Waals surface area (Å²) in [5.74, 6) is -0.681. The molecule has 0 unspecified atom stereocenters. The Kier molecular flexibility index (Phi) is 5.71. The highest BCUT2D eigenvalue weighted by Crippen LogP contribution is 2.17. The minimum absolute atomic E-state index is 0.144. The third-order valence-electron chi connectivity index (χ3n) is 2.83. The predicted molar refractivity (Wildman–Crippen MR) is 81.9 cm³/mol. The monoisotopic (exact) mass is 368 g/mol. The first-order valence-corrected chi connectivity index (χ1v) is 7.38. The lowest BCUT2D eigenvalue weighted by Gasteiger charge is -2.07. The molecule has 1 aromatic carbocycles. The van der Waals surface area contributed by atoms with Gasteiger partial charge in [-0.3, -0.25) is 9.59 Å². The molecule has 0 spiro atoms. The molecule has 116 valence electrons. The number of amides is 2. The van der Waals surface area contributed by atoms with Crippen molar-refractivity contribution >= 4 is 27.7 Å². The van der Waals surface area contributed by atoms with Gasteiger partial charge in [-0.15, -0.1) is 0 Å².